The number of halogens is 2. The lowest BCUT2D eigenvalue weighted by atomic mass is 9.91. The highest BCUT2D eigenvalue weighted by molar-refractivity contribution is 9.10. The molecule has 19 heavy (non-hydrogen) atoms. The van der Waals surface area contributed by atoms with E-state index in [0.29, 0.717) is 6.04 Å². The van der Waals surface area contributed by atoms with Gasteiger partial charge in [-0.25, -0.2) is 0 Å². The first kappa shape index (κ1) is 15.3. The summed E-state index contributed by atoms with van der Waals surface area (Å²) in [6.07, 6.45) is 1.14. The van der Waals surface area contributed by atoms with Crippen LogP contribution in [0.3, 0.4) is 0 Å². The van der Waals surface area contributed by atoms with Crippen molar-refractivity contribution in [1.29, 1.82) is 0 Å². The van der Waals surface area contributed by atoms with E-state index < -0.39 is 0 Å². The molecule has 1 saturated heterocycles. The van der Waals surface area contributed by atoms with Gasteiger partial charge in [-0.05, 0) is 38.0 Å². The van der Waals surface area contributed by atoms with Crippen LogP contribution in [0.25, 0.3) is 0 Å². The fraction of sp³-hybridized carbons (Fsp3) is 0.600. The Labute approximate surface area is 129 Å². The molecule has 1 aliphatic heterocycles. The highest BCUT2D eigenvalue weighted by Gasteiger charge is 2.35. The van der Waals surface area contributed by atoms with E-state index >= 15 is 0 Å². The van der Waals surface area contributed by atoms with Gasteiger partial charge in [-0.2, -0.15) is 0 Å². The Hall–Kier alpha value is -0.0900. The minimum atomic E-state index is 0.211. The van der Waals surface area contributed by atoms with Crippen molar-refractivity contribution in [3.63, 3.8) is 0 Å². The van der Waals surface area contributed by atoms with Crippen LogP contribution < -0.4 is 5.32 Å². The lowest BCUT2D eigenvalue weighted by molar-refractivity contribution is 0.0453. The normalized spacial score (nSPS) is 28.6. The van der Waals surface area contributed by atoms with Crippen LogP contribution in [-0.4, -0.2) is 29.6 Å². The van der Waals surface area contributed by atoms with Crippen LogP contribution in [0.15, 0.2) is 22.7 Å². The molecule has 0 amide bonds. The molecule has 2 rings (SSSR count). The van der Waals surface area contributed by atoms with Crippen molar-refractivity contribution < 1.29 is 0 Å². The van der Waals surface area contributed by atoms with Gasteiger partial charge < -0.3 is 5.32 Å². The van der Waals surface area contributed by atoms with Crippen LogP contribution >= 0.6 is 27.5 Å². The number of hydrogen-bond donors (Lipinski definition) is 1. The van der Waals surface area contributed by atoms with Crippen molar-refractivity contribution in [1.82, 2.24) is 10.2 Å². The van der Waals surface area contributed by atoms with Gasteiger partial charge >= 0.3 is 0 Å². The summed E-state index contributed by atoms with van der Waals surface area (Å²) in [6, 6.07) is 6.70. The van der Waals surface area contributed by atoms with Gasteiger partial charge in [0.15, 0.2) is 0 Å². The lowest BCUT2D eigenvalue weighted by Crippen LogP contribution is -2.61. The molecule has 1 aromatic rings. The first-order valence-corrected chi connectivity index (χ1v) is 8.04. The SMILES string of the molecule is CCC1(C)CNC(C)CN1Cc1ccc(Br)cc1Cl. The molecule has 2 unspecified atom stereocenters. The third kappa shape index (κ3) is 3.52. The largest absolute Gasteiger partial charge is 0.311 e. The van der Waals surface area contributed by atoms with Crippen molar-refractivity contribution in [2.45, 2.75) is 45.3 Å². The number of hydrogen-bond acceptors (Lipinski definition) is 2. The van der Waals surface area contributed by atoms with Crippen molar-refractivity contribution in [3.05, 3.63) is 33.3 Å². The van der Waals surface area contributed by atoms with Gasteiger partial charge in [0.25, 0.3) is 0 Å². The molecule has 0 bridgehead atoms. The molecular weight excluding hydrogens is 324 g/mol. The maximum Gasteiger partial charge on any atom is 0.0462 e. The van der Waals surface area contributed by atoms with Crippen molar-refractivity contribution in [2.75, 3.05) is 13.1 Å². The van der Waals surface area contributed by atoms with Crippen molar-refractivity contribution >= 4 is 27.5 Å². The molecule has 1 aromatic carbocycles. The second-order valence-electron chi connectivity index (χ2n) is 5.75. The molecule has 4 heteroatoms. The van der Waals surface area contributed by atoms with Crippen molar-refractivity contribution in [3.8, 4) is 0 Å². The van der Waals surface area contributed by atoms with Crippen LogP contribution in [0.1, 0.15) is 32.8 Å². The minimum Gasteiger partial charge on any atom is -0.311 e. The minimum absolute atomic E-state index is 0.211. The van der Waals surface area contributed by atoms with E-state index in [1.807, 2.05) is 6.07 Å². The molecule has 0 radical (unpaired) electrons. The smallest absolute Gasteiger partial charge is 0.0462 e. The monoisotopic (exact) mass is 344 g/mol. The van der Waals surface area contributed by atoms with Gasteiger partial charge in [-0.1, -0.05) is 40.5 Å². The average Bonchev–Trinajstić information content (AvgIpc) is 2.37. The Morgan fingerprint density at radius 1 is 1.53 bits per heavy atom. The average molecular weight is 346 g/mol. The van der Waals surface area contributed by atoms with E-state index in [0.717, 1.165) is 35.6 Å². The Bertz CT molecular complexity index is 452. The molecule has 1 heterocycles. The molecule has 1 N–H and O–H groups in total. The predicted molar refractivity (Wildman–Crippen MR) is 85.7 cm³/mol. The number of nitrogens with one attached hydrogen (secondary N) is 1. The second-order valence-corrected chi connectivity index (χ2v) is 7.07. The van der Waals surface area contributed by atoms with Crippen LogP contribution in [0, 0.1) is 0 Å². The zero-order valence-electron chi connectivity index (χ0n) is 11.8. The van der Waals surface area contributed by atoms with Gasteiger partial charge in [0.05, 0.1) is 0 Å². The highest BCUT2D eigenvalue weighted by Crippen LogP contribution is 2.28. The molecule has 2 nitrogen and oxygen atoms in total. The van der Waals surface area contributed by atoms with Gasteiger partial charge in [0.2, 0.25) is 0 Å². The fourth-order valence-corrected chi connectivity index (χ4v) is 3.31. The second kappa shape index (κ2) is 6.13. The Kier molecular flexibility index (Phi) is 4.93. The van der Waals surface area contributed by atoms with Gasteiger partial charge in [-0.3, -0.25) is 4.90 Å². The van der Waals surface area contributed by atoms with Gasteiger partial charge in [0, 0.05) is 40.7 Å². The maximum atomic E-state index is 6.35. The van der Waals surface area contributed by atoms with Crippen molar-refractivity contribution in [2.24, 2.45) is 0 Å². The zero-order chi connectivity index (χ0) is 14.0. The quantitative estimate of drug-likeness (QED) is 0.888. The van der Waals surface area contributed by atoms with Crippen LogP contribution in [-0.2, 0) is 6.54 Å². The molecule has 0 spiro atoms. The number of nitrogens with zero attached hydrogens (tertiary/aromatic N) is 1. The van der Waals surface area contributed by atoms with Crippen LogP contribution in [0.5, 0.6) is 0 Å². The van der Waals surface area contributed by atoms with E-state index in [9.17, 15) is 0 Å². The first-order chi connectivity index (χ1) is 8.94. The van der Waals surface area contributed by atoms with E-state index in [4.69, 9.17) is 11.6 Å². The highest BCUT2D eigenvalue weighted by atomic mass is 79.9. The Balaban J connectivity index is 2.19. The molecule has 2 atom stereocenters. The molecule has 0 saturated carbocycles. The number of benzene rings is 1. The maximum absolute atomic E-state index is 6.35. The van der Waals surface area contributed by atoms with Gasteiger partial charge in [0.1, 0.15) is 0 Å². The molecule has 1 aliphatic rings. The van der Waals surface area contributed by atoms with Crippen LogP contribution in [0.4, 0.5) is 0 Å². The first-order valence-electron chi connectivity index (χ1n) is 6.87. The molecule has 1 fully saturated rings. The van der Waals surface area contributed by atoms with E-state index in [1.165, 1.54) is 5.56 Å². The van der Waals surface area contributed by atoms with E-state index in [-0.39, 0.29) is 5.54 Å². The van der Waals surface area contributed by atoms with E-state index in [1.54, 1.807) is 0 Å². The summed E-state index contributed by atoms with van der Waals surface area (Å²) in [5.41, 5.74) is 1.42. The number of piperazine rings is 1. The third-order valence-corrected chi connectivity index (χ3v) is 5.07. The Morgan fingerprint density at radius 3 is 2.89 bits per heavy atom. The summed E-state index contributed by atoms with van der Waals surface area (Å²) in [5, 5.41) is 4.43. The fourth-order valence-electron chi connectivity index (χ4n) is 2.58. The molecule has 106 valence electrons. The zero-order valence-corrected chi connectivity index (χ0v) is 14.2. The third-order valence-electron chi connectivity index (χ3n) is 4.23. The summed E-state index contributed by atoms with van der Waals surface area (Å²) in [5.74, 6) is 0. The van der Waals surface area contributed by atoms with Crippen LogP contribution in [0.2, 0.25) is 5.02 Å². The predicted octanol–water partition coefficient (Wildman–Crippen LogP) is 4.06. The van der Waals surface area contributed by atoms with E-state index in [2.05, 4.69) is 59.1 Å². The standard InChI is InChI=1S/C15H22BrClN2/c1-4-15(3)10-18-11(2)8-19(15)9-12-5-6-13(16)7-14(12)17/h5-7,11,18H,4,8-10H2,1-3H3. The molecule has 0 aromatic heterocycles. The molecule has 0 aliphatic carbocycles. The summed E-state index contributed by atoms with van der Waals surface area (Å²) < 4.78 is 1.04. The van der Waals surface area contributed by atoms with Gasteiger partial charge in [-0.15, -0.1) is 0 Å². The topological polar surface area (TPSA) is 15.3 Å². The summed E-state index contributed by atoms with van der Waals surface area (Å²) in [6.45, 7) is 9.86. The molecular formula is C15H22BrClN2. The lowest BCUT2D eigenvalue weighted by Gasteiger charge is -2.47. The summed E-state index contributed by atoms with van der Waals surface area (Å²) in [7, 11) is 0. The Morgan fingerprint density at radius 2 is 2.26 bits per heavy atom. The summed E-state index contributed by atoms with van der Waals surface area (Å²) >= 11 is 9.81. The number of rotatable bonds is 3. The summed E-state index contributed by atoms with van der Waals surface area (Å²) in [4.78, 5) is 2.56.